The first kappa shape index (κ1) is 35.3. The van der Waals surface area contributed by atoms with Crippen molar-refractivity contribution >= 4 is 5.97 Å². The van der Waals surface area contributed by atoms with Crippen LogP contribution in [0.15, 0.2) is 48.5 Å². The molecule has 11 heteroatoms. The average molecular weight is 584 g/mol. The van der Waals surface area contributed by atoms with E-state index < -0.39 is 41.4 Å². The van der Waals surface area contributed by atoms with Gasteiger partial charge in [-0.25, -0.2) is 8.78 Å². The summed E-state index contributed by atoms with van der Waals surface area (Å²) in [5, 5.41) is 7.42. The topological polar surface area (TPSA) is 40.5 Å². The second-order valence-corrected chi connectivity index (χ2v) is 10.9. The molecule has 2 aromatic rings. The van der Waals surface area contributed by atoms with Gasteiger partial charge in [0.25, 0.3) is 11.9 Å². The summed E-state index contributed by atoms with van der Waals surface area (Å²) >= 11 is 0. The minimum atomic E-state index is -4.42. The highest BCUT2D eigenvalue weighted by Gasteiger charge is 2.41. The molecule has 0 saturated carbocycles. The van der Waals surface area contributed by atoms with Crippen LogP contribution in [-0.4, -0.2) is 35.0 Å². The maximum Gasteiger partial charge on any atom is 0.416 e. The Morgan fingerprint density at radius 1 is 0.900 bits per heavy atom. The lowest BCUT2D eigenvalue weighted by Gasteiger charge is -2.40. The van der Waals surface area contributed by atoms with Crippen LogP contribution in [0.5, 0.6) is 0 Å². The van der Waals surface area contributed by atoms with Crippen molar-refractivity contribution in [1.29, 1.82) is 0 Å². The molecule has 226 valence electrons. The quantitative estimate of drug-likeness (QED) is 0.365. The molecule has 40 heavy (non-hydrogen) atoms. The summed E-state index contributed by atoms with van der Waals surface area (Å²) in [5.74, 6) is -3.61. The lowest BCUT2D eigenvalue weighted by Crippen LogP contribution is -2.43. The number of rotatable bonds is 4. The lowest BCUT2D eigenvalue weighted by molar-refractivity contribution is -0.138. The number of carboxylic acid groups (broad SMARTS) is 1. The van der Waals surface area contributed by atoms with Crippen molar-refractivity contribution in [2.45, 2.75) is 84.6 Å². The molecule has 0 amide bonds. The minimum absolute atomic E-state index is 0.0741. The number of carbonyl (C=O) groups is 1. The van der Waals surface area contributed by atoms with Crippen LogP contribution >= 0.6 is 0 Å². The van der Waals surface area contributed by atoms with Crippen molar-refractivity contribution in [2.75, 3.05) is 13.1 Å². The van der Waals surface area contributed by atoms with Gasteiger partial charge in [0.2, 0.25) is 0 Å². The van der Waals surface area contributed by atoms with Gasteiger partial charge in [-0.3, -0.25) is 9.69 Å². The van der Waals surface area contributed by atoms with E-state index in [1.807, 2.05) is 11.8 Å². The first-order valence-electron chi connectivity index (χ1n) is 12.8. The molecule has 1 N–H and O–H groups in total. The van der Waals surface area contributed by atoms with Crippen molar-refractivity contribution in [3.05, 3.63) is 70.8 Å². The Kier molecular flexibility index (Phi) is 12.6. The van der Waals surface area contributed by atoms with Gasteiger partial charge < -0.3 is 5.11 Å². The Morgan fingerprint density at radius 3 is 1.70 bits per heavy atom. The number of alkyl halides is 8. The van der Waals surface area contributed by atoms with Crippen molar-refractivity contribution in [3.8, 4) is 0 Å². The van der Waals surface area contributed by atoms with Gasteiger partial charge in [-0.05, 0) is 60.2 Å². The summed E-state index contributed by atoms with van der Waals surface area (Å²) in [6.45, 7) is 10.2. The summed E-state index contributed by atoms with van der Waals surface area (Å²) < 4.78 is 102. The first-order chi connectivity index (χ1) is 18.1. The maximum atomic E-state index is 13.8. The molecule has 1 heterocycles. The largest absolute Gasteiger partial charge is 0.481 e. The van der Waals surface area contributed by atoms with E-state index in [2.05, 4.69) is 20.8 Å². The molecule has 0 radical (unpaired) electrons. The lowest BCUT2D eigenvalue weighted by atomic mass is 9.88. The fourth-order valence-corrected chi connectivity index (χ4v) is 3.88. The standard InChI is InChI=1S/C18H24F5N.C9H9F3.C2H4O2/c1-16(2,3)8-10-24-11-9-17(19,20)12-15(24)13-4-6-14(7-5-13)18(21,22)23;1-2-7-3-5-8(6-4-7)9(10,11)12;1-2(3)4/h4-7,15H,8-12H2,1-3H3;3-6H,2H2,1H3;1H3,(H,3,4). The van der Waals surface area contributed by atoms with E-state index in [1.54, 1.807) is 0 Å². The molecule has 2 aromatic carbocycles. The van der Waals surface area contributed by atoms with E-state index in [1.165, 1.54) is 24.3 Å². The van der Waals surface area contributed by atoms with E-state index >= 15 is 0 Å². The molecule has 0 aromatic heterocycles. The van der Waals surface area contributed by atoms with Crippen LogP contribution in [0.2, 0.25) is 0 Å². The molecule has 1 aliphatic rings. The molecule has 1 unspecified atom stereocenters. The number of hydrogen-bond acceptors (Lipinski definition) is 2. The Morgan fingerprint density at radius 2 is 1.32 bits per heavy atom. The van der Waals surface area contributed by atoms with Gasteiger partial charge in [0.05, 0.1) is 11.1 Å². The van der Waals surface area contributed by atoms with E-state index in [0.717, 1.165) is 49.6 Å². The number of piperidine rings is 1. The van der Waals surface area contributed by atoms with Crippen LogP contribution < -0.4 is 0 Å². The van der Waals surface area contributed by atoms with Gasteiger partial charge in [0.15, 0.2) is 0 Å². The monoisotopic (exact) mass is 583 g/mol. The smallest absolute Gasteiger partial charge is 0.416 e. The number of hydrogen-bond donors (Lipinski definition) is 1. The van der Waals surface area contributed by atoms with Crippen molar-refractivity contribution in [1.82, 2.24) is 4.90 Å². The van der Waals surface area contributed by atoms with E-state index in [4.69, 9.17) is 9.90 Å². The highest BCUT2D eigenvalue weighted by atomic mass is 19.4. The minimum Gasteiger partial charge on any atom is -0.481 e. The highest BCUT2D eigenvalue weighted by molar-refractivity contribution is 5.62. The number of benzene rings is 2. The molecule has 0 spiro atoms. The van der Waals surface area contributed by atoms with Gasteiger partial charge >= 0.3 is 12.4 Å². The zero-order valence-electron chi connectivity index (χ0n) is 23.3. The Labute approximate surface area is 230 Å². The number of carboxylic acids is 1. The summed E-state index contributed by atoms with van der Waals surface area (Å²) in [6.07, 6.45) is -7.57. The zero-order chi connectivity index (χ0) is 30.9. The van der Waals surface area contributed by atoms with Gasteiger partial charge in [0, 0.05) is 32.4 Å². The van der Waals surface area contributed by atoms with Crippen LogP contribution in [0.4, 0.5) is 35.1 Å². The number of likely N-dealkylation sites (tertiary alicyclic amines) is 1. The third kappa shape index (κ3) is 13.1. The summed E-state index contributed by atoms with van der Waals surface area (Å²) in [6, 6.07) is 9.30. The van der Waals surface area contributed by atoms with E-state index in [9.17, 15) is 35.1 Å². The van der Waals surface area contributed by atoms with E-state index in [-0.39, 0.29) is 24.8 Å². The number of aliphatic carboxylic acids is 1. The summed E-state index contributed by atoms with van der Waals surface area (Å²) in [7, 11) is 0. The average Bonchev–Trinajstić information content (AvgIpc) is 2.81. The zero-order valence-corrected chi connectivity index (χ0v) is 23.3. The van der Waals surface area contributed by atoms with Gasteiger partial charge in [-0.2, -0.15) is 26.3 Å². The molecule has 3 nitrogen and oxygen atoms in total. The molecule has 0 bridgehead atoms. The second kappa shape index (κ2) is 14.3. The van der Waals surface area contributed by atoms with Crippen molar-refractivity contribution in [3.63, 3.8) is 0 Å². The van der Waals surface area contributed by atoms with Crippen LogP contribution in [-0.2, 0) is 23.6 Å². The predicted molar refractivity (Wildman–Crippen MR) is 138 cm³/mol. The van der Waals surface area contributed by atoms with E-state index in [0.29, 0.717) is 12.1 Å². The first-order valence-corrected chi connectivity index (χ1v) is 12.8. The molecular weight excluding hydrogens is 546 g/mol. The SMILES string of the molecule is CC(=O)O.CC(C)(C)CCN1CCC(F)(F)CC1c1ccc(C(F)(F)F)cc1.CCc1ccc(C(F)(F)F)cc1. The molecule has 3 rings (SSSR count). The van der Waals surface area contributed by atoms with Crippen molar-refractivity contribution < 1.29 is 45.0 Å². The molecule has 1 fully saturated rings. The molecular formula is C29H37F8NO2. The molecule has 1 saturated heterocycles. The van der Waals surface area contributed by atoms with Gasteiger partial charge in [0.1, 0.15) is 0 Å². The Bertz CT molecular complexity index is 1040. The Hall–Kier alpha value is -2.69. The fourth-order valence-electron chi connectivity index (χ4n) is 3.88. The van der Waals surface area contributed by atoms with Crippen LogP contribution in [0.25, 0.3) is 0 Å². The second-order valence-electron chi connectivity index (χ2n) is 10.9. The predicted octanol–water partition coefficient (Wildman–Crippen LogP) is 9.27. The highest BCUT2D eigenvalue weighted by Crippen LogP contribution is 2.41. The maximum absolute atomic E-state index is 13.8. The Balaban J connectivity index is 0.000000415. The van der Waals surface area contributed by atoms with Crippen LogP contribution in [0.3, 0.4) is 0 Å². The normalized spacial score (nSPS) is 17.7. The fraction of sp³-hybridized carbons (Fsp3) is 0.552. The third-order valence-corrected chi connectivity index (χ3v) is 6.16. The van der Waals surface area contributed by atoms with Gasteiger partial charge in [-0.1, -0.05) is 52.0 Å². The third-order valence-electron chi connectivity index (χ3n) is 6.16. The molecule has 0 aliphatic carbocycles. The summed E-state index contributed by atoms with van der Waals surface area (Å²) in [4.78, 5) is 11.0. The van der Waals surface area contributed by atoms with Crippen molar-refractivity contribution in [2.24, 2.45) is 5.41 Å². The number of halogens is 8. The number of aryl methyl sites for hydroxylation is 1. The summed E-state index contributed by atoms with van der Waals surface area (Å²) in [5.41, 5.74) is 0.180. The molecule has 1 atom stereocenters. The molecule has 1 aliphatic heterocycles. The van der Waals surface area contributed by atoms with Gasteiger partial charge in [-0.15, -0.1) is 0 Å². The van der Waals surface area contributed by atoms with Crippen LogP contribution in [0.1, 0.15) is 82.2 Å². The van der Waals surface area contributed by atoms with Crippen LogP contribution in [0, 0.1) is 5.41 Å². The number of nitrogens with zero attached hydrogens (tertiary/aromatic N) is 1.